The lowest BCUT2D eigenvalue weighted by atomic mass is 10.00. The van der Waals surface area contributed by atoms with Gasteiger partial charge >= 0.3 is 6.55 Å². The van der Waals surface area contributed by atoms with E-state index >= 15 is 0 Å². The number of likely N-dealkylation sites (tertiary alicyclic amines) is 1. The van der Waals surface area contributed by atoms with Gasteiger partial charge in [0.15, 0.2) is 0 Å². The van der Waals surface area contributed by atoms with Gasteiger partial charge in [0, 0.05) is 11.8 Å². The third-order valence-electron chi connectivity index (χ3n) is 2.20. The lowest BCUT2D eigenvalue weighted by Gasteiger charge is -2.11. The van der Waals surface area contributed by atoms with E-state index in [0.717, 1.165) is 0 Å². The van der Waals surface area contributed by atoms with Gasteiger partial charge in [0.2, 0.25) is 11.8 Å². The van der Waals surface area contributed by atoms with Gasteiger partial charge in [0.25, 0.3) is 0 Å². The minimum absolute atomic E-state index is 0.0370. The molecule has 0 bridgehead atoms. The summed E-state index contributed by atoms with van der Waals surface area (Å²) in [5, 5.41) is 0. The van der Waals surface area contributed by atoms with Gasteiger partial charge in [-0.25, -0.2) is 4.90 Å². The number of rotatable bonds is 1. The highest BCUT2D eigenvalue weighted by Gasteiger charge is 2.46. The summed E-state index contributed by atoms with van der Waals surface area (Å²) in [5.74, 6) is -2.79. The summed E-state index contributed by atoms with van der Waals surface area (Å²) in [6.07, 6.45) is 0. The Bertz CT molecular complexity index is 209. The lowest BCUT2D eigenvalue weighted by molar-refractivity contribution is -0.154. The Kier molecular flexibility index (Phi) is 2.12. The zero-order valence-electron chi connectivity index (χ0n) is 6.75. The van der Waals surface area contributed by atoms with E-state index < -0.39 is 30.2 Å². The van der Waals surface area contributed by atoms with Crippen molar-refractivity contribution in [1.82, 2.24) is 4.90 Å². The molecular formula is C7H9F2NO2. The van der Waals surface area contributed by atoms with Crippen molar-refractivity contribution in [3.8, 4) is 0 Å². The molecule has 5 heteroatoms. The average Bonchev–Trinajstić information content (AvgIpc) is 2.16. The average molecular weight is 177 g/mol. The van der Waals surface area contributed by atoms with E-state index in [9.17, 15) is 18.4 Å². The minimum Gasteiger partial charge on any atom is -0.274 e. The Morgan fingerprint density at radius 2 is 1.50 bits per heavy atom. The zero-order valence-corrected chi connectivity index (χ0v) is 6.75. The highest BCUT2D eigenvalue weighted by Crippen LogP contribution is 2.27. The smallest absolute Gasteiger partial charge is 0.274 e. The van der Waals surface area contributed by atoms with Crippen LogP contribution in [0.1, 0.15) is 13.8 Å². The molecule has 1 rings (SSSR count). The molecule has 0 aliphatic carbocycles. The third-order valence-corrected chi connectivity index (χ3v) is 2.20. The van der Waals surface area contributed by atoms with Gasteiger partial charge in [-0.15, -0.1) is 0 Å². The Hall–Kier alpha value is -1.00. The summed E-state index contributed by atoms with van der Waals surface area (Å²) >= 11 is 0. The highest BCUT2D eigenvalue weighted by molar-refractivity contribution is 6.04. The molecular weight excluding hydrogens is 168 g/mol. The molecule has 0 radical (unpaired) electrons. The fourth-order valence-corrected chi connectivity index (χ4v) is 1.17. The fraction of sp³-hybridized carbons (Fsp3) is 0.714. The topological polar surface area (TPSA) is 37.4 Å². The number of halogens is 2. The van der Waals surface area contributed by atoms with Crippen LogP contribution in [0.5, 0.6) is 0 Å². The van der Waals surface area contributed by atoms with Crippen LogP contribution in [-0.4, -0.2) is 23.3 Å². The maximum absolute atomic E-state index is 12.1. The van der Waals surface area contributed by atoms with Crippen LogP contribution < -0.4 is 0 Å². The van der Waals surface area contributed by atoms with Crippen molar-refractivity contribution in [1.29, 1.82) is 0 Å². The van der Waals surface area contributed by atoms with Crippen molar-refractivity contribution in [2.75, 3.05) is 0 Å². The van der Waals surface area contributed by atoms with Gasteiger partial charge in [-0.3, -0.25) is 9.59 Å². The molecule has 0 N–H and O–H groups in total. The largest absolute Gasteiger partial charge is 0.323 e. The first-order valence-corrected chi connectivity index (χ1v) is 3.62. The summed E-state index contributed by atoms with van der Waals surface area (Å²) < 4.78 is 24.1. The zero-order chi connectivity index (χ0) is 9.46. The third kappa shape index (κ3) is 1.09. The van der Waals surface area contributed by atoms with Crippen LogP contribution in [-0.2, 0) is 9.59 Å². The van der Waals surface area contributed by atoms with Gasteiger partial charge in [-0.05, 0) is 0 Å². The van der Waals surface area contributed by atoms with Gasteiger partial charge < -0.3 is 0 Å². The molecule has 1 saturated heterocycles. The molecule has 1 heterocycles. The number of nitrogens with zero attached hydrogens (tertiary/aromatic N) is 1. The molecule has 12 heavy (non-hydrogen) atoms. The molecule has 0 spiro atoms. The molecule has 0 aromatic heterocycles. The molecule has 0 saturated carbocycles. The number of hydrogen-bond donors (Lipinski definition) is 0. The van der Waals surface area contributed by atoms with E-state index in [4.69, 9.17) is 0 Å². The molecule has 0 aromatic rings. The van der Waals surface area contributed by atoms with Gasteiger partial charge in [-0.1, -0.05) is 13.8 Å². The van der Waals surface area contributed by atoms with Gasteiger partial charge in [-0.2, -0.15) is 8.78 Å². The second kappa shape index (κ2) is 2.80. The SMILES string of the molecule is CC1C(=O)N(C(F)F)C(=O)C1C. The number of carbonyl (C=O) groups is 2. The minimum atomic E-state index is -3.00. The number of alkyl halides is 2. The first-order valence-electron chi connectivity index (χ1n) is 3.62. The van der Waals surface area contributed by atoms with Crippen LogP contribution in [0.2, 0.25) is 0 Å². The number of carbonyl (C=O) groups excluding carboxylic acids is 2. The van der Waals surface area contributed by atoms with E-state index in [2.05, 4.69) is 0 Å². The van der Waals surface area contributed by atoms with E-state index in [1.54, 1.807) is 0 Å². The van der Waals surface area contributed by atoms with E-state index in [0.29, 0.717) is 0 Å². The highest BCUT2D eigenvalue weighted by atomic mass is 19.3. The van der Waals surface area contributed by atoms with E-state index in [1.165, 1.54) is 13.8 Å². The predicted molar refractivity (Wildman–Crippen MR) is 36.2 cm³/mol. The fourth-order valence-electron chi connectivity index (χ4n) is 1.17. The lowest BCUT2D eigenvalue weighted by Crippen LogP contribution is -2.35. The molecule has 1 fully saturated rings. The Balaban J connectivity index is 2.91. The van der Waals surface area contributed by atoms with Crippen LogP contribution >= 0.6 is 0 Å². The molecule has 68 valence electrons. The predicted octanol–water partition coefficient (Wildman–Crippen LogP) is 0.850. The maximum atomic E-state index is 12.1. The monoisotopic (exact) mass is 177 g/mol. The Labute approximate surface area is 68.3 Å². The van der Waals surface area contributed by atoms with Crippen LogP contribution in [0.3, 0.4) is 0 Å². The van der Waals surface area contributed by atoms with Crippen molar-refractivity contribution in [2.45, 2.75) is 20.4 Å². The summed E-state index contributed by atoms with van der Waals surface area (Å²) in [6, 6.07) is 0. The number of hydrogen-bond acceptors (Lipinski definition) is 2. The molecule has 2 unspecified atom stereocenters. The molecule has 0 aromatic carbocycles. The number of imide groups is 1. The van der Waals surface area contributed by atoms with Crippen LogP contribution in [0.25, 0.3) is 0 Å². The Morgan fingerprint density at radius 3 is 1.67 bits per heavy atom. The van der Waals surface area contributed by atoms with Gasteiger partial charge in [0.1, 0.15) is 0 Å². The van der Waals surface area contributed by atoms with Crippen molar-refractivity contribution >= 4 is 11.8 Å². The van der Waals surface area contributed by atoms with Crippen molar-refractivity contribution in [3.05, 3.63) is 0 Å². The van der Waals surface area contributed by atoms with E-state index in [-0.39, 0.29) is 4.90 Å². The van der Waals surface area contributed by atoms with Crippen molar-refractivity contribution in [2.24, 2.45) is 11.8 Å². The molecule has 1 aliphatic heterocycles. The van der Waals surface area contributed by atoms with Crippen molar-refractivity contribution < 1.29 is 18.4 Å². The molecule has 1 aliphatic rings. The van der Waals surface area contributed by atoms with Crippen molar-refractivity contribution in [3.63, 3.8) is 0 Å². The maximum Gasteiger partial charge on any atom is 0.323 e. The molecule has 2 atom stereocenters. The van der Waals surface area contributed by atoms with Crippen LogP contribution in [0.15, 0.2) is 0 Å². The van der Waals surface area contributed by atoms with Crippen LogP contribution in [0, 0.1) is 11.8 Å². The summed E-state index contributed by atoms with van der Waals surface area (Å²) in [7, 11) is 0. The quantitative estimate of drug-likeness (QED) is 0.440. The van der Waals surface area contributed by atoms with Crippen LogP contribution in [0.4, 0.5) is 8.78 Å². The second-order valence-corrected chi connectivity index (χ2v) is 2.90. The normalized spacial score (nSPS) is 30.6. The van der Waals surface area contributed by atoms with E-state index in [1.807, 2.05) is 0 Å². The number of amides is 2. The molecule has 3 nitrogen and oxygen atoms in total. The standard InChI is InChI=1S/C7H9F2NO2/c1-3-4(2)6(12)10(5(3)11)7(8)9/h3-4,7H,1-2H3. The van der Waals surface area contributed by atoms with Gasteiger partial charge in [0.05, 0.1) is 0 Å². The summed E-state index contributed by atoms with van der Waals surface area (Å²) in [5.41, 5.74) is 0. The second-order valence-electron chi connectivity index (χ2n) is 2.90. The summed E-state index contributed by atoms with van der Waals surface area (Å²) in [6.45, 7) is -0.0435. The Morgan fingerprint density at radius 1 is 1.17 bits per heavy atom. The first-order chi connectivity index (χ1) is 5.46. The summed E-state index contributed by atoms with van der Waals surface area (Å²) in [4.78, 5) is 22.0. The molecule has 2 amide bonds. The first kappa shape index (κ1) is 9.09.